The number of aromatic nitrogens is 3. The molecular formula is C28H32N6O2. The van der Waals surface area contributed by atoms with Gasteiger partial charge in [-0.3, -0.25) is 9.47 Å². The quantitative estimate of drug-likeness (QED) is 0.426. The fourth-order valence-corrected chi connectivity index (χ4v) is 4.53. The maximum atomic E-state index is 12.8. The number of hydrogen-bond acceptors (Lipinski definition) is 5. The number of carbonyl (C=O) groups is 1. The molecule has 0 unspecified atom stereocenters. The Morgan fingerprint density at radius 1 is 1.00 bits per heavy atom. The maximum absolute atomic E-state index is 12.8. The predicted molar refractivity (Wildman–Crippen MR) is 142 cm³/mol. The fourth-order valence-electron chi connectivity index (χ4n) is 4.53. The molecule has 186 valence electrons. The number of nitrogens with one attached hydrogen (secondary N) is 1. The highest BCUT2D eigenvalue weighted by atomic mass is 16.5. The Kier molecular flexibility index (Phi) is 6.86. The molecule has 5 rings (SSSR count). The molecule has 2 aromatic carbocycles. The molecule has 0 atom stereocenters. The number of piperazine rings is 1. The summed E-state index contributed by atoms with van der Waals surface area (Å²) in [4.78, 5) is 26.5. The molecule has 1 aliphatic rings. The summed E-state index contributed by atoms with van der Waals surface area (Å²) in [7, 11) is 0. The minimum Gasteiger partial charge on any atom is -0.494 e. The van der Waals surface area contributed by atoms with Gasteiger partial charge >= 0.3 is 6.03 Å². The summed E-state index contributed by atoms with van der Waals surface area (Å²) in [5.74, 6) is 1.77. The molecule has 2 aromatic heterocycles. The number of benzene rings is 2. The SMILES string of the molecule is CCOc1ccc(-n2c(CN3CCN(C(=O)Nc4ccc(C)c(C)c4)CC3)nc3cccnc32)cc1. The number of pyridine rings is 1. The summed E-state index contributed by atoms with van der Waals surface area (Å²) < 4.78 is 7.72. The largest absolute Gasteiger partial charge is 0.494 e. The Labute approximate surface area is 211 Å². The first-order chi connectivity index (χ1) is 17.5. The van der Waals surface area contributed by atoms with Crippen molar-refractivity contribution in [3.05, 3.63) is 77.7 Å². The first-order valence-corrected chi connectivity index (χ1v) is 12.4. The van der Waals surface area contributed by atoms with Gasteiger partial charge < -0.3 is 15.0 Å². The van der Waals surface area contributed by atoms with Gasteiger partial charge in [-0.25, -0.2) is 14.8 Å². The van der Waals surface area contributed by atoms with Gasteiger partial charge in [0, 0.05) is 43.8 Å². The zero-order valence-corrected chi connectivity index (χ0v) is 21.1. The number of fused-ring (bicyclic) bond motifs is 1. The van der Waals surface area contributed by atoms with E-state index < -0.39 is 0 Å². The van der Waals surface area contributed by atoms with Crippen molar-refractivity contribution in [3.8, 4) is 11.4 Å². The lowest BCUT2D eigenvalue weighted by molar-refractivity contribution is 0.140. The van der Waals surface area contributed by atoms with Crippen LogP contribution in [-0.2, 0) is 6.54 Å². The molecule has 1 aliphatic heterocycles. The highest BCUT2D eigenvalue weighted by Gasteiger charge is 2.23. The van der Waals surface area contributed by atoms with Crippen molar-refractivity contribution in [1.82, 2.24) is 24.3 Å². The Balaban J connectivity index is 1.28. The fraction of sp³-hybridized carbons (Fsp3) is 0.321. The van der Waals surface area contributed by atoms with Crippen molar-refractivity contribution in [3.63, 3.8) is 0 Å². The summed E-state index contributed by atoms with van der Waals surface area (Å²) in [5, 5.41) is 3.04. The summed E-state index contributed by atoms with van der Waals surface area (Å²) >= 11 is 0. The van der Waals surface area contributed by atoms with Gasteiger partial charge in [-0.15, -0.1) is 0 Å². The van der Waals surface area contributed by atoms with Crippen LogP contribution >= 0.6 is 0 Å². The molecule has 0 radical (unpaired) electrons. The Morgan fingerprint density at radius 3 is 2.50 bits per heavy atom. The number of ether oxygens (including phenoxy) is 1. The van der Waals surface area contributed by atoms with Crippen LogP contribution in [0, 0.1) is 13.8 Å². The van der Waals surface area contributed by atoms with Gasteiger partial charge in [0.15, 0.2) is 5.65 Å². The predicted octanol–water partition coefficient (Wildman–Crippen LogP) is 4.79. The number of nitrogens with zero attached hydrogens (tertiary/aromatic N) is 5. The average Bonchev–Trinajstić information content (AvgIpc) is 3.25. The molecule has 1 saturated heterocycles. The molecule has 0 saturated carbocycles. The second kappa shape index (κ2) is 10.4. The molecule has 1 fully saturated rings. The van der Waals surface area contributed by atoms with Crippen molar-refractivity contribution in [2.45, 2.75) is 27.3 Å². The van der Waals surface area contributed by atoms with E-state index in [9.17, 15) is 4.79 Å². The van der Waals surface area contributed by atoms with Gasteiger partial charge in [-0.05, 0) is 80.4 Å². The zero-order valence-electron chi connectivity index (χ0n) is 21.1. The Bertz CT molecular complexity index is 1360. The second-order valence-corrected chi connectivity index (χ2v) is 9.13. The van der Waals surface area contributed by atoms with E-state index in [1.54, 1.807) is 6.20 Å². The van der Waals surface area contributed by atoms with E-state index in [0.29, 0.717) is 26.2 Å². The molecular weight excluding hydrogens is 452 g/mol. The summed E-state index contributed by atoms with van der Waals surface area (Å²) in [6.07, 6.45) is 1.80. The van der Waals surface area contributed by atoms with Crippen molar-refractivity contribution < 1.29 is 9.53 Å². The smallest absolute Gasteiger partial charge is 0.321 e. The summed E-state index contributed by atoms with van der Waals surface area (Å²) in [6, 6.07) is 17.9. The molecule has 8 heteroatoms. The van der Waals surface area contributed by atoms with Gasteiger partial charge in [0.05, 0.1) is 13.2 Å². The number of rotatable bonds is 6. The molecule has 4 aromatic rings. The van der Waals surface area contributed by atoms with E-state index in [1.807, 2.05) is 66.4 Å². The third-order valence-electron chi connectivity index (χ3n) is 6.67. The first kappa shape index (κ1) is 23.8. The Morgan fingerprint density at radius 2 is 1.78 bits per heavy atom. The van der Waals surface area contributed by atoms with E-state index in [0.717, 1.165) is 47.2 Å². The number of aryl methyl sites for hydroxylation is 2. The molecule has 8 nitrogen and oxygen atoms in total. The highest BCUT2D eigenvalue weighted by molar-refractivity contribution is 5.89. The van der Waals surface area contributed by atoms with Crippen LogP contribution < -0.4 is 10.1 Å². The third kappa shape index (κ3) is 5.04. The maximum Gasteiger partial charge on any atom is 0.321 e. The average molecular weight is 485 g/mol. The zero-order chi connectivity index (χ0) is 25.1. The lowest BCUT2D eigenvalue weighted by atomic mass is 10.1. The number of urea groups is 1. The highest BCUT2D eigenvalue weighted by Crippen LogP contribution is 2.23. The molecule has 2 amide bonds. The first-order valence-electron chi connectivity index (χ1n) is 12.4. The van der Waals surface area contributed by atoms with Gasteiger partial charge in [0.25, 0.3) is 0 Å². The van der Waals surface area contributed by atoms with Crippen LogP contribution in [0.4, 0.5) is 10.5 Å². The number of carbonyl (C=O) groups excluding carboxylic acids is 1. The number of amides is 2. The molecule has 36 heavy (non-hydrogen) atoms. The standard InChI is InChI=1S/C28H32N6O2/c1-4-36-24-11-9-23(10-12-24)34-26(31-25-6-5-13-29-27(25)34)19-32-14-16-33(17-15-32)28(35)30-22-8-7-20(2)21(3)18-22/h5-13,18H,4,14-17,19H2,1-3H3,(H,30,35). The molecule has 0 spiro atoms. The van der Waals surface area contributed by atoms with Gasteiger partial charge in [0.2, 0.25) is 0 Å². The minimum absolute atomic E-state index is 0.0521. The van der Waals surface area contributed by atoms with E-state index in [-0.39, 0.29) is 6.03 Å². The topological polar surface area (TPSA) is 75.5 Å². The van der Waals surface area contributed by atoms with Crippen molar-refractivity contribution in [2.75, 3.05) is 38.1 Å². The van der Waals surface area contributed by atoms with Gasteiger partial charge in [-0.2, -0.15) is 0 Å². The van der Waals surface area contributed by atoms with Crippen molar-refractivity contribution in [2.24, 2.45) is 0 Å². The van der Waals surface area contributed by atoms with Crippen LogP contribution in [0.1, 0.15) is 23.9 Å². The lowest BCUT2D eigenvalue weighted by Crippen LogP contribution is -2.49. The molecule has 0 bridgehead atoms. The van der Waals surface area contributed by atoms with E-state index in [1.165, 1.54) is 11.1 Å². The Hall–Kier alpha value is -3.91. The number of imidazole rings is 1. The minimum atomic E-state index is -0.0521. The van der Waals surface area contributed by atoms with Gasteiger partial charge in [0.1, 0.15) is 17.1 Å². The third-order valence-corrected chi connectivity index (χ3v) is 6.67. The van der Waals surface area contributed by atoms with Crippen LogP contribution in [0.3, 0.4) is 0 Å². The number of hydrogen-bond donors (Lipinski definition) is 1. The van der Waals surface area contributed by atoms with E-state index in [2.05, 4.69) is 33.6 Å². The monoisotopic (exact) mass is 484 g/mol. The summed E-state index contributed by atoms with van der Waals surface area (Å²) in [6.45, 7) is 10.3. The summed E-state index contributed by atoms with van der Waals surface area (Å²) in [5.41, 5.74) is 5.93. The van der Waals surface area contributed by atoms with Crippen molar-refractivity contribution in [1.29, 1.82) is 0 Å². The van der Waals surface area contributed by atoms with Crippen LogP contribution in [0.25, 0.3) is 16.9 Å². The van der Waals surface area contributed by atoms with Gasteiger partial charge in [-0.1, -0.05) is 6.07 Å². The normalized spacial score (nSPS) is 14.2. The second-order valence-electron chi connectivity index (χ2n) is 9.13. The molecule has 1 N–H and O–H groups in total. The van der Waals surface area contributed by atoms with Crippen LogP contribution in [0.5, 0.6) is 5.75 Å². The number of anilines is 1. The lowest BCUT2D eigenvalue weighted by Gasteiger charge is -2.34. The molecule has 0 aliphatic carbocycles. The van der Waals surface area contributed by atoms with E-state index >= 15 is 0 Å². The van der Waals surface area contributed by atoms with Crippen LogP contribution in [0.15, 0.2) is 60.8 Å². The van der Waals surface area contributed by atoms with Crippen LogP contribution in [-0.4, -0.2) is 63.2 Å². The molecule has 3 heterocycles. The van der Waals surface area contributed by atoms with Crippen LogP contribution in [0.2, 0.25) is 0 Å². The van der Waals surface area contributed by atoms with Crippen molar-refractivity contribution >= 4 is 22.9 Å². The van der Waals surface area contributed by atoms with E-state index in [4.69, 9.17) is 9.72 Å².